The van der Waals surface area contributed by atoms with Crippen LogP contribution in [-0.2, 0) is 6.42 Å². The van der Waals surface area contributed by atoms with Gasteiger partial charge in [-0.1, -0.05) is 35.4 Å². The van der Waals surface area contributed by atoms with Gasteiger partial charge in [0.2, 0.25) is 0 Å². The Bertz CT molecular complexity index is 568. The van der Waals surface area contributed by atoms with Gasteiger partial charge in [0.25, 0.3) is 0 Å². The molecule has 106 valence electrons. The number of hydrogen-bond donors (Lipinski definition) is 1. The van der Waals surface area contributed by atoms with Gasteiger partial charge in [-0.2, -0.15) is 0 Å². The van der Waals surface area contributed by atoms with Gasteiger partial charge < -0.3 is 5.11 Å². The molecule has 2 aromatic rings. The molecular formula is C16H16ClFOS. The number of benzene rings is 2. The first-order chi connectivity index (χ1) is 9.56. The Morgan fingerprint density at radius 3 is 2.70 bits per heavy atom. The minimum Gasteiger partial charge on any atom is -0.392 e. The molecular weight excluding hydrogens is 295 g/mol. The minimum atomic E-state index is -0.630. The van der Waals surface area contributed by atoms with Crippen LogP contribution in [0.3, 0.4) is 0 Å². The number of rotatable bonds is 5. The zero-order valence-corrected chi connectivity index (χ0v) is 12.7. The van der Waals surface area contributed by atoms with Crippen molar-refractivity contribution < 1.29 is 9.50 Å². The standard InChI is InChI=1S/C16H16ClFOS/c1-11-4-2-5-13(8-11)20-10-12(19)9-14-15(17)6-3-7-16(14)18/h2-8,12,19H,9-10H2,1H3. The third-order valence-corrected chi connectivity index (χ3v) is 4.43. The van der Waals surface area contributed by atoms with Crippen LogP contribution in [0.4, 0.5) is 4.39 Å². The van der Waals surface area contributed by atoms with E-state index in [1.807, 2.05) is 25.1 Å². The van der Waals surface area contributed by atoms with Gasteiger partial charge in [-0.3, -0.25) is 0 Å². The topological polar surface area (TPSA) is 20.2 Å². The predicted molar refractivity (Wildman–Crippen MR) is 83.0 cm³/mol. The highest BCUT2D eigenvalue weighted by atomic mass is 35.5. The maximum atomic E-state index is 13.6. The fraction of sp³-hybridized carbons (Fsp3) is 0.250. The number of thioether (sulfide) groups is 1. The molecule has 1 N–H and O–H groups in total. The Morgan fingerprint density at radius 2 is 2.00 bits per heavy atom. The van der Waals surface area contributed by atoms with Crippen molar-refractivity contribution >= 4 is 23.4 Å². The Balaban J connectivity index is 1.94. The van der Waals surface area contributed by atoms with Gasteiger partial charge in [-0.25, -0.2) is 4.39 Å². The van der Waals surface area contributed by atoms with Crippen molar-refractivity contribution in [2.24, 2.45) is 0 Å². The lowest BCUT2D eigenvalue weighted by molar-refractivity contribution is 0.199. The van der Waals surface area contributed by atoms with Crippen molar-refractivity contribution in [2.45, 2.75) is 24.3 Å². The second kappa shape index (κ2) is 7.11. The number of aliphatic hydroxyl groups is 1. The lowest BCUT2D eigenvalue weighted by Gasteiger charge is -2.12. The molecule has 1 nitrogen and oxygen atoms in total. The van der Waals surface area contributed by atoms with E-state index in [-0.39, 0.29) is 12.2 Å². The molecule has 2 aromatic carbocycles. The number of aryl methyl sites for hydroxylation is 1. The summed E-state index contributed by atoms with van der Waals surface area (Å²) in [6, 6.07) is 12.6. The number of hydrogen-bond acceptors (Lipinski definition) is 2. The highest BCUT2D eigenvalue weighted by Gasteiger charge is 2.13. The first-order valence-electron chi connectivity index (χ1n) is 6.36. The van der Waals surface area contributed by atoms with Crippen LogP contribution in [0.1, 0.15) is 11.1 Å². The summed E-state index contributed by atoms with van der Waals surface area (Å²) >= 11 is 7.51. The summed E-state index contributed by atoms with van der Waals surface area (Å²) in [6.07, 6.45) is -0.403. The smallest absolute Gasteiger partial charge is 0.127 e. The fourth-order valence-electron chi connectivity index (χ4n) is 1.92. The van der Waals surface area contributed by atoms with Crippen molar-refractivity contribution in [3.05, 3.63) is 64.4 Å². The van der Waals surface area contributed by atoms with E-state index in [4.69, 9.17) is 11.6 Å². The van der Waals surface area contributed by atoms with Crippen molar-refractivity contribution in [1.29, 1.82) is 0 Å². The molecule has 0 heterocycles. The molecule has 4 heteroatoms. The van der Waals surface area contributed by atoms with Crippen LogP contribution in [-0.4, -0.2) is 17.0 Å². The summed E-state index contributed by atoms with van der Waals surface area (Å²) in [5.74, 6) is 0.144. The van der Waals surface area contributed by atoms with E-state index < -0.39 is 6.10 Å². The Kier molecular flexibility index (Phi) is 5.46. The lowest BCUT2D eigenvalue weighted by atomic mass is 10.1. The first-order valence-corrected chi connectivity index (χ1v) is 7.73. The monoisotopic (exact) mass is 310 g/mol. The van der Waals surface area contributed by atoms with Gasteiger partial charge in [-0.15, -0.1) is 11.8 Å². The molecule has 0 aliphatic carbocycles. The SMILES string of the molecule is Cc1cccc(SCC(O)Cc2c(F)cccc2Cl)c1. The quantitative estimate of drug-likeness (QED) is 0.822. The van der Waals surface area contributed by atoms with Gasteiger partial charge in [-0.05, 0) is 31.2 Å². The summed E-state index contributed by atoms with van der Waals surface area (Å²) in [5, 5.41) is 10.4. The van der Waals surface area contributed by atoms with Gasteiger partial charge in [0.1, 0.15) is 5.82 Å². The zero-order valence-electron chi connectivity index (χ0n) is 11.1. The lowest BCUT2D eigenvalue weighted by Crippen LogP contribution is -2.14. The van der Waals surface area contributed by atoms with E-state index >= 15 is 0 Å². The first kappa shape index (κ1) is 15.4. The molecule has 2 rings (SSSR count). The Labute approximate surface area is 127 Å². The second-order valence-electron chi connectivity index (χ2n) is 4.69. The van der Waals surface area contributed by atoms with Crippen LogP contribution in [0.2, 0.25) is 5.02 Å². The van der Waals surface area contributed by atoms with E-state index in [0.717, 1.165) is 4.90 Å². The minimum absolute atomic E-state index is 0.227. The van der Waals surface area contributed by atoms with Crippen molar-refractivity contribution in [1.82, 2.24) is 0 Å². The van der Waals surface area contributed by atoms with Crippen molar-refractivity contribution in [3.8, 4) is 0 Å². The summed E-state index contributed by atoms with van der Waals surface area (Å²) in [7, 11) is 0. The average molecular weight is 311 g/mol. The van der Waals surface area contributed by atoms with Gasteiger partial charge >= 0.3 is 0 Å². The maximum Gasteiger partial charge on any atom is 0.127 e. The second-order valence-corrected chi connectivity index (χ2v) is 6.19. The summed E-state index contributed by atoms with van der Waals surface area (Å²) in [6.45, 7) is 2.03. The maximum absolute atomic E-state index is 13.6. The molecule has 0 aliphatic rings. The molecule has 0 aromatic heterocycles. The van der Waals surface area contributed by atoms with Gasteiger partial charge in [0.05, 0.1) is 6.10 Å². The average Bonchev–Trinajstić information content (AvgIpc) is 2.41. The molecule has 0 radical (unpaired) electrons. The third-order valence-electron chi connectivity index (χ3n) is 2.93. The summed E-state index contributed by atoms with van der Waals surface area (Å²) in [5.41, 5.74) is 1.56. The summed E-state index contributed by atoms with van der Waals surface area (Å²) < 4.78 is 13.6. The highest BCUT2D eigenvalue weighted by molar-refractivity contribution is 7.99. The number of aliphatic hydroxyl groups excluding tert-OH is 1. The fourth-order valence-corrected chi connectivity index (χ4v) is 3.11. The Morgan fingerprint density at radius 1 is 1.25 bits per heavy atom. The number of halogens is 2. The van der Waals surface area contributed by atoms with Crippen LogP contribution >= 0.6 is 23.4 Å². The van der Waals surface area contributed by atoms with Crippen molar-refractivity contribution in [2.75, 3.05) is 5.75 Å². The van der Waals surface area contributed by atoms with Crippen molar-refractivity contribution in [3.63, 3.8) is 0 Å². The zero-order chi connectivity index (χ0) is 14.5. The molecule has 0 saturated heterocycles. The van der Waals surface area contributed by atoms with Crippen LogP contribution in [0.5, 0.6) is 0 Å². The summed E-state index contributed by atoms with van der Waals surface area (Å²) in [4.78, 5) is 1.10. The molecule has 0 bridgehead atoms. The van der Waals surface area contributed by atoms with Crippen LogP contribution in [0.25, 0.3) is 0 Å². The molecule has 0 aliphatic heterocycles. The molecule has 0 amide bonds. The molecule has 0 fully saturated rings. The Hall–Kier alpha value is -1.03. The van der Waals surface area contributed by atoms with Gasteiger partial charge in [0, 0.05) is 27.7 Å². The third kappa shape index (κ3) is 4.23. The molecule has 1 atom stereocenters. The normalized spacial score (nSPS) is 12.4. The van der Waals surface area contributed by atoms with E-state index in [2.05, 4.69) is 6.07 Å². The van der Waals surface area contributed by atoms with E-state index in [9.17, 15) is 9.50 Å². The largest absolute Gasteiger partial charge is 0.392 e. The van der Waals surface area contributed by atoms with Crippen LogP contribution < -0.4 is 0 Å². The molecule has 1 unspecified atom stereocenters. The highest BCUT2D eigenvalue weighted by Crippen LogP contribution is 2.24. The van der Waals surface area contributed by atoms with Crippen LogP contribution in [0, 0.1) is 12.7 Å². The van der Waals surface area contributed by atoms with E-state index in [1.165, 1.54) is 11.6 Å². The molecule has 0 spiro atoms. The molecule has 20 heavy (non-hydrogen) atoms. The van der Waals surface area contributed by atoms with E-state index in [0.29, 0.717) is 16.3 Å². The van der Waals surface area contributed by atoms with E-state index in [1.54, 1.807) is 23.9 Å². The molecule has 0 saturated carbocycles. The van der Waals surface area contributed by atoms with Crippen LogP contribution in [0.15, 0.2) is 47.4 Å². The van der Waals surface area contributed by atoms with Gasteiger partial charge in [0.15, 0.2) is 0 Å². The predicted octanol–water partition coefficient (Wildman–Crippen LogP) is 4.48.